The predicted molar refractivity (Wildman–Crippen MR) is 108 cm³/mol. The maximum atomic E-state index is 14.7. The number of hydrogen-bond donors (Lipinski definition) is 0. The number of ether oxygens (including phenoxy) is 2. The highest BCUT2D eigenvalue weighted by molar-refractivity contribution is 5.78. The zero-order chi connectivity index (χ0) is 20.8. The Balaban J connectivity index is 1.77. The second-order valence-corrected chi connectivity index (χ2v) is 6.65. The Labute approximate surface area is 168 Å². The Morgan fingerprint density at radius 2 is 1.72 bits per heavy atom. The normalized spacial score (nSPS) is 11.6. The van der Waals surface area contributed by atoms with Crippen LogP contribution >= 0.6 is 0 Å². The second kappa shape index (κ2) is 9.15. The van der Waals surface area contributed by atoms with Crippen LogP contribution in [0.1, 0.15) is 24.0 Å². The summed E-state index contributed by atoms with van der Waals surface area (Å²) in [7, 11) is 1.30. The van der Waals surface area contributed by atoms with Crippen LogP contribution in [0.15, 0.2) is 72.8 Å². The van der Waals surface area contributed by atoms with E-state index in [4.69, 9.17) is 9.47 Å². The Hall–Kier alpha value is -3.47. The van der Waals surface area contributed by atoms with Gasteiger partial charge in [0, 0.05) is 5.56 Å². The molecule has 4 nitrogen and oxygen atoms in total. The molecule has 0 spiro atoms. The summed E-state index contributed by atoms with van der Waals surface area (Å²) in [6.45, 7) is 1.66. The maximum absolute atomic E-state index is 14.7. The molecule has 0 radical (unpaired) electrons. The molecule has 0 aliphatic heterocycles. The third kappa shape index (κ3) is 5.08. The smallest absolute Gasteiger partial charge is 0.315 e. The summed E-state index contributed by atoms with van der Waals surface area (Å²) >= 11 is 0. The average molecular weight is 392 g/mol. The number of carbonyl (C=O) groups excluding carboxylic acids is 2. The highest BCUT2D eigenvalue weighted by atomic mass is 19.1. The molecule has 3 aromatic carbocycles. The van der Waals surface area contributed by atoms with Crippen molar-refractivity contribution in [2.45, 2.75) is 19.3 Å². The third-order valence-corrected chi connectivity index (χ3v) is 4.62. The summed E-state index contributed by atoms with van der Waals surface area (Å²) < 4.78 is 24.8. The molecule has 0 amide bonds. The van der Waals surface area contributed by atoms with Gasteiger partial charge in [-0.2, -0.15) is 0 Å². The third-order valence-electron chi connectivity index (χ3n) is 4.62. The molecule has 0 N–H and O–H groups in total. The number of esters is 2. The van der Waals surface area contributed by atoms with Crippen molar-refractivity contribution in [1.29, 1.82) is 0 Å². The van der Waals surface area contributed by atoms with Crippen molar-refractivity contribution in [2.24, 2.45) is 0 Å². The van der Waals surface area contributed by atoms with E-state index in [9.17, 15) is 14.0 Å². The van der Waals surface area contributed by atoms with E-state index in [1.54, 1.807) is 43.3 Å². The molecule has 29 heavy (non-hydrogen) atoms. The number of carbonyl (C=O) groups is 2. The van der Waals surface area contributed by atoms with Gasteiger partial charge in [-0.3, -0.25) is 9.59 Å². The first-order valence-electron chi connectivity index (χ1n) is 9.20. The van der Waals surface area contributed by atoms with E-state index in [0.29, 0.717) is 22.4 Å². The number of halogens is 1. The summed E-state index contributed by atoms with van der Waals surface area (Å²) in [5.41, 5.74) is 2.31. The number of methoxy groups -OCH3 is 1. The number of benzene rings is 3. The van der Waals surface area contributed by atoms with Crippen LogP contribution in [-0.2, 0) is 20.7 Å². The number of rotatable bonds is 6. The van der Waals surface area contributed by atoms with Gasteiger partial charge in [0.15, 0.2) is 0 Å². The fraction of sp³-hybridized carbons (Fsp3) is 0.167. The molecule has 0 aliphatic carbocycles. The Bertz CT molecular complexity index is 1010. The van der Waals surface area contributed by atoms with Crippen molar-refractivity contribution in [3.05, 3.63) is 89.7 Å². The van der Waals surface area contributed by atoms with E-state index in [-0.39, 0.29) is 6.42 Å². The highest BCUT2D eigenvalue weighted by Gasteiger charge is 2.18. The minimum Gasteiger partial charge on any atom is -0.469 e. The van der Waals surface area contributed by atoms with Gasteiger partial charge in [0.25, 0.3) is 0 Å². The van der Waals surface area contributed by atoms with Crippen LogP contribution in [0.2, 0.25) is 0 Å². The lowest BCUT2D eigenvalue weighted by molar-refractivity contribution is -0.142. The van der Waals surface area contributed by atoms with Crippen LogP contribution < -0.4 is 4.74 Å². The highest BCUT2D eigenvalue weighted by Crippen LogP contribution is 2.29. The quantitative estimate of drug-likeness (QED) is 0.441. The molecular weight excluding hydrogens is 371 g/mol. The van der Waals surface area contributed by atoms with Crippen molar-refractivity contribution in [2.75, 3.05) is 7.11 Å². The van der Waals surface area contributed by atoms with Crippen molar-refractivity contribution in [3.8, 4) is 16.9 Å². The summed E-state index contributed by atoms with van der Waals surface area (Å²) in [4.78, 5) is 23.8. The van der Waals surface area contributed by atoms with E-state index in [1.165, 1.54) is 13.2 Å². The first kappa shape index (κ1) is 20.3. The monoisotopic (exact) mass is 392 g/mol. The minimum atomic E-state index is -0.561. The lowest BCUT2D eigenvalue weighted by Gasteiger charge is -2.12. The molecule has 0 bridgehead atoms. The van der Waals surface area contributed by atoms with Gasteiger partial charge in [0.1, 0.15) is 11.6 Å². The molecule has 0 aromatic heterocycles. The van der Waals surface area contributed by atoms with Gasteiger partial charge in [0.2, 0.25) is 0 Å². The first-order chi connectivity index (χ1) is 14.0. The van der Waals surface area contributed by atoms with Gasteiger partial charge in [-0.1, -0.05) is 54.6 Å². The maximum Gasteiger partial charge on any atom is 0.315 e. The van der Waals surface area contributed by atoms with Crippen LogP contribution in [0, 0.1) is 5.82 Å². The van der Waals surface area contributed by atoms with Crippen LogP contribution in [0.5, 0.6) is 5.75 Å². The van der Waals surface area contributed by atoms with Crippen LogP contribution in [0.3, 0.4) is 0 Å². The van der Waals surface area contributed by atoms with E-state index < -0.39 is 23.7 Å². The van der Waals surface area contributed by atoms with Gasteiger partial charge in [-0.05, 0) is 41.8 Å². The van der Waals surface area contributed by atoms with E-state index in [1.807, 2.05) is 30.3 Å². The Kier molecular flexibility index (Phi) is 6.39. The molecule has 0 saturated carbocycles. The van der Waals surface area contributed by atoms with Gasteiger partial charge < -0.3 is 9.47 Å². The van der Waals surface area contributed by atoms with Crippen LogP contribution in [-0.4, -0.2) is 19.0 Å². The summed E-state index contributed by atoms with van der Waals surface area (Å²) in [5.74, 6) is -1.50. The summed E-state index contributed by atoms with van der Waals surface area (Å²) in [6.07, 6.45) is 0.152. The van der Waals surface area contributed by atoms with E-state index >= 15 is 0 Å². The molecule has 3 rings (SSSR count). The van der Waals surface area contributed by atoms with Crippen LogP contribution in [0.4, 0.5) is 4.39 Å². The molecule has 0 saturated heterocycles. The lowest BCUT2D eigenvalue weighted by atomic mass is 9.97. The molecule has 3 aromatic rings. The van der Waals surface area contributed by atoms with Gasteiger partial charge >= 0.3 is 11.9 Å². The largest absolute Gasteiger partial charge is 0.469 e. The zero-order valence-electron chi connectivity index (χ0n) is 16.2. The molecule has 1 atom stereocenters. The Morgan fingerprint density at radius 1 is 0.966 bits per heavy atom. The summed E-state index contributed by atoms with van der Waals surface area (Å²) in [6, 6.07) is 20.6. The van der Waals surface area contributed by atoms with Gasteiger partial charge in [-0.25, -0.2) is 4.39 Å². The lowest BCUT2D eigenvalue weighted by Crippen LogP contribution is -2.11. The van der Waals surface area contributed by atoms with Gasteiger partial charge in [0.05, 0.1) is 19.4 Å². The van der Waals surface area contributed by atoms with Crippen LogP contribution in [0.25, 0.3) is 11.1 Å². The molecule has 0 aliphatic rings. The van der Waals surface area contributed by atoms with E-state index in [0.717, 1.165) is 5.56 Å². The van der Waals surface area contributed by atoms with E-state index in [2.05, 4.69) is 0 Å². The molecule has 0 fully saturated rings. The van der Waals surface area contributed by atoms with Crippen molar-refractivity contribution in [3.63, 3.8) is 0 Å². The second-order valence-electron chi connectivity index (χ2n) is 6.65. The van der Waals surface area contributed by atoms with Crippen molar-refractivity contribution < 1.29 is 23.5 Å². The standard InChI is InChI=1S/C24H21FO4/c1-16(24(27)28-2)18-11-12-21(22(25)15-18)19-9-6-10-20(14-19)29-23(26)13-17-7-4-3-5-8-17/h3-12,14-16H,13H2,1-2H3. The van der Waals surface area contributed by atoms with Crippen molar-refractivity contribution >= 4 is 11.9 Å². The topological polar surface area (TPSA) is 52.6 Å². The van der Waals surface area contributed by atoms with Crippen molar-refractivity contribution in [1.82, 2.24) is 0 Å². The molecule has 1 unspecified atom stereocenters. The predicted octanol–water partition coefficient (Wildman–Crippen LogP) is 4.92. The molecular formula is C24H21FO4. The summed E-state index contributed by atoms with van der Waals surface area (Å²) in [5, 5.41) is 0. The SMILES string of the molecule is COC(=O)C(C)c1ccc(-c2cccc(OC(=O)Cc3ccccc3)c2)c(F)c1. The zero-order valence-corrected chi connectivity index (χ0v) is 16.2. The fourth-order valence-electron chi connectivity index (χ4n) is 3.00. The number of hydrogen-bond acceptors (Lipinski definition) is 4. The van der Waals surface area contributed by atoms with Gasteiger partial charge in [-0.15, -0.1) is 0 Å². The molecule has 148 valence electrons. The minimum absolute atomic E-state index is 0.152. The average Bonchev–Trinajstić information content (AvgIpc) is 2.73. The Morgan fingerprint density at radius 3 is 2.41 bits per heavy atom. The molecule has 5 heteroatoms. The fourth-order valence-corrected chi connectivity index (χ4v) is 3.00. The first-order valence-corrected chi connectivity index (χ1v) is 9.20. The molecule has 0 heterocycles.